The van der Waals surface area contributed by atoms with E-state index in [1.165, 1.54) is 42.1 Å². The zero-order valence-corrected chi connectivity index (χ0v) is 15.2. The summed E-state index contributed by atoms with van der Waals surface area (Å²) in [6, 6.07) is 10.3. The topological polar surface area (TPSA) is 86.6 Å². The highest BCUT2D eigenvalue weighted by atomic mass is 35.5. The SMILES string of the molecule is C[C@@](O)(C(=O)Nc1ccc(Sc2ccc(C(=O)O)cc2)cc1Cl)C(F)(F)F. The van der Waals surface area contributed by atoms with Gasteiger partial charge in [-0.25, -0.2) is 4.79 Å². The number of amides is 1. The average molecular weight is 420 g/mol. The number of hydrogen-bond donors (Lipinski definition) is 3. The van der Waals surface area contributed by atoms with Crippen LogP contribution in [0.4, 0.5) is 18.9 Å². The quantitative estimate of drug-likeness (QED) is 0.667. The maximum atomic E-state index is 12.7. The van der Waals surface area contributed by atoms with Crippen LogP contribution in [0.2, 0.25) is 5.02 Å². The molecular weight excluding hydrogens is 407 g/mol. The van der Waals surface area contributed by atoms with Crippen molar-refractivity contribution < 1.29 is 33.0 Å². The van der Waals surface area contributed by atoms with Gasteiger partial charge in [0.15, 0.2) is 0 Å². The molecule has 0 spiro atoms. The normalized spacial score (nSPS) is 13.7. The highest BCUT2D eigenvalue weighted by Crippen LogP contribution is 2.35. The lowest BCUT2D eigenvalue weighted by Crippen LogP contribution is -2.52. The highest BCUT2D eigenvalue weighted by Gasteiger charge is 2.55. The first-order valence-electron chi connectivity index (χ1n) is 7.33. The number of aliphatic hydroxyl groups is 1. The van der Waals surface area contributed by atoms with Gasteiger partial charge in [-0.3, -0.25) is 4.79 Å². The third-order valence-electron chi connectivity index (χ3n) is 3.52. The smallest absolute Gasteiger partial charge is 0.426 e. The number of rotatable bonds is 5. The molecule has 0 radical (unpaired) electrons. The minimum Gasteiger partial charge on any atom is -0.478 e. The Morgan fingerprint density at radius 2 is 1.63 bits per heavy atom. The number of carbonyl (C=O) groups is 2. The summed E-state index contributed by atoms with van der Waals surface area (Å²) in [6.45, 7) is 0.348. The Balaban J connectivity index is 2.13. The van der Waals surface area contributed by atoms with E-state index in [4.69, 9.17) is 16.7 Å². The fourth-order valence-corrected chi connectivity index (χ4v) is 2.98. The van der Waals surface area contributed by atoms with Crippen LogP contribution in [0, 0.1) is 0 Å². The largest absolute Gasteiger partial charge is 0.478 e. The first kappa shape index (κ1) is 21.1. The Kier molecular flexibility index (Phi) is 6.08. The number of halogens is 4. The molecule has 0 aromatic heterocycles. The molecule has 2 aromatic rings. The molecule has 0 heterocycles. The molecule has 0 unspecified atom stereocenters. The van der Waals surface area contributed by atoms with E-state index in [2.05, 4.69) is 0 Å². The summed E-state index contributed by atoms with van der Waals surface area (Å²) in [6.07, 6.45) is -5.14. The van der Waals surface area contributed by atoms with Crippen molar-refractivity contribution in [3.63, 3.8) is 0 Å². The fraction of sp³-hybridized carbons (Fsp3) is 0.176. The van der Waals surface area contributed by atoms with Crippen LogP contribution in [0.1, 0.15) is 17.3 Å². The number of alkyl halides is 3. The average Bonchev–Trinajstić information content (AvgIpc) is 2.56. The highest BCUT2D eigenvalue weighted by molar-refractivity contribution is 7.99. The van der Waals surface area contributed by atoms with Crippen LogP contribution >= 0.6 is 23.4 Å². The minimum absolute atomic E-state index is 0.0199. The van der Waals surface area contributed by atoms with E-state index in [1.54, 1.807) is 12.1 Å². The molecule has 1 amide bonds. The maximum Gasteiger partial charge on any atom is 0.426 e. The van der Waals surface area contributed by atoms with Gasteiger partial charge in [-0.05, 0) is 49.4 Å². The molecule has 0 saturated heterocycles. The van der Waals surface area contributed by atoms with Crippen LogP contribution in [-0.4, -0.2) is 33.9 Å². The molecule has 3 N–H and O–H groups in total. The third-order valence-corrected chi connectivity index (χ3v) is 4.83. The second-order valence-electron chi connectivity index (χ2n) is 5.60. The molecule has 2 aromatic carbocycles. The number of nitrogens with one attached hydrogen (secondary N) is 1. The van der Waals surface area contributed by atoms with Gasteiger partial charge >= 0.3 is 12.1 Å². The summed E-state index contributed by atoms with van der Waals surface area (Å²) in [4.78, 5) is 23.9. The number of hydrogen-bond acceptors (Lipinski definition) is 4. The number of anilines is 1. The first-order valence-corrected chi connectivity index (χ1v) is 8.52. The Morgan fingerprint density at radius 1 is 1.07 bits per heavy atom. The number of benzene rings is 2. The molecule has 27 heavy (non-hydrogen) atoms. The van der Waals surface area contributed by atoms with Crippen LogP contribution in [0.25, 0.3) is 0 Å². The van der Waals surface area contributed by atoms with Crippen LogP contribution in [0.3, 0.4) is 0 Å². The lowest BCUT2D eigenvalue weighted by Gasteiger charge is -2.25. The number of carboxylic acids is 1. The van der Waals surface area contributed by atoms with Gasteiger partial charge in [0.25, 0.3) is 5.91 Å². The zero-order chi connectivity index (χ0) is 20.4. The molecule has 0 saturated carbocycles. The van der Waals surface area contributed by atoms with E-state index in [0.29, 0.717) is 16.7 Å². The van der Waals surface area contributed by atoms with E-state index in [-0.39, 0.29) is 16.3 Å². The minimum atomic E-state index is -5.14. The molecule has 0 fully saturated rings. The van der Waals surface area contributed by atoms with E-state index >= 15 is 0 Å². The number of carbonyl (C=O) groups excluding carboxylic acids is 1. The predicted molar refractivity (Wildman–Crippen MR) is 94.3 cm³/mol. The summed E-state index contributed by atoms with van der Waals surface area (Å²) in [5.74, 6) is -2.70. The van der Waals surface area contributed by atoms with Crippen LogP contribution in [0.15, 0.2) is 52.3 Å². The second-order valence-corrected chi connectivity index (χ2v) is 7.15. The lowest BCUT2D eigenvalue weighted by molar-refractivity contribution is -0.242. The summed E-state index contributed by atoms with van der Waals surface area (Å²) in [7, 11) is 0. The van der Waals surface area contributed by atoms with Crippen molar-refractivity contribution in [2.45, 2.75) is 28.5 Å². The molecule has 0 aliphatic rings. The fourth-order valence-electron chi connectivity index (χ4n) is 1.84. The van der Waals surface area contributed by atoms with Crippen molar-refractivity contribution in [1.29, 1.82) is 0 Å². The van der Waals surface area contributed by atoms with Gasteiger partial charge in [0.2, 0.25) is 5.60 Å². The van der Waals surface area contributed by atoms with Crippen molar-refractivity contribution in [2.24, 2.45) is 0 Å². The molecular formula is C17H13ClF3NO4S. The van der Waals surface area contributed by atoms with Crippen LogP contribution < -0.4 is 5.32 Å². The summed E-state index contributed by atoms with van der Waals surface area (Å²) in [5, 5.41) is 20.2. The second kappa shape index (κ2) is 7.79. The Bertz CT molecular complexity index is 869. The first-order chi connectivity index (χ1) is 12.4. The zero-order valence-electron chi connectivity index (χ0n) is 13.7. The number of aromatic carboxylic acids is 1. The Morgan fingerprint density at radius 3 is 2.11 bits per heavy atom. The molecule has 0 aliphatic heterocycles. The van der Waals surface area contributed by atoms with Crippen molar-refractivity contribution >= 4 is 40.9 Å². The van der Waals surface area contributed by atoms with E-state index in [1.807, 2.05) is 5.32 Å². The van der Waals surface area contributed by atoms with E-state index < -0.39 is 23.7 Å². The summed E-state index contributed by atoms with van der Waals surface area (Å²) >= 11 is 7.24. The number of carboxylic acid groups (broad SMARTS) is 1. The van der Waals surface area contributed by atoms with Gasteiger partial charge in [-0.2, -0.15) is 13.2 Å². The third kappa shape index (κ3) is 4.94. The van der Waals surface area contributed by atoms with Gasteiger partial charge in [0.1, 0.15) is 0 Å². The van der Waals surface area contributed by atoms with Gasteiger partial charge < -0.3 is 15.5 Å². The Hall–Kier alpha value is -2.23. The molecule has 2 rings (SSSR count). The van der Waals surface area contributed by atoms with E-state index in [9.17, 15) is 27.9 Å². The van der Waals surface area contributed by atoms with Crippen molar-refractivity contribution in [3.8, 4) is 0 Å². The summed E-state index contributed by atoms with van der Waals surface area (Å²) < 4.78 is 38.1. The maximum absolute atomic E-state index is 12.7. The van der Waals surface area contributed by atoms with Gasteiger partial charge in [0, 0.05) is 9.79 Å². The molecule has 10 heteroatoms. The molecule has 144 valence electrons. The molecule has 0 aliphatic carbocycles. The van der Waals surface area contributed by atoms with Crippen molar-refractivity contribution in [2.75, 3.05) is 5.32 Å². The standard InChI is InChI=1S/C17H13ClF3NO4S/c1-16(26,17(19,20)21)15(25)22-13-7-6-11(8-12(13)18)27-10-4-2-9(3-5-10)14(23)24/h2-8,26H,1H3,(H,22,25)(H,23,24)/t16-/m1/s1. The van der Waals surface area contributed by atoms with Gasteiger partial charge in [-0.15, -0.1) is 0 Å². The van der Waals surface area contributed by atoms with Crippen LogP contribution in [0.5, 0.6) is 0 Å². The van der Waals surface area contributed by atoms with Crippen molar-refractivity contribution in [3.05, 3.63) is 53.1 Å². The van der Waals surface area contributed by atoms with E-state index in [0.717, 1.165) is 0 Å². The van der Waals surface area contributed by atoms with Gasteiger partial charge in [0.05, 0.1) is 16.3 Å². The lowest BCUT2D eigenvalue weighted by atomic mass is 10.1. The predicted octanol–water partition coefficient (Wildman–Crippen LogP) is 4.44. The summed E-state index contributed by atoms with van der Waals surface area (Å²) in [5.41, 5.74) is -3.51. The van der Waals surface area contributed by atoms with Gasteiger partial charge in [-0.1, -0.05) is 23.4 Å². The molecule has 0 bridgehead atoms. The van der Waals surface area contributed by atoms with Crippen molar-refractivity contribution in [1.82, 2.24) is 0 Å². The molecule has 5 nitrogen and oxygen atoms in total. The molecule has 1 atom stereocenters. The monoisotopic (exact) mass is 419 g/mol. The van der Waals surface area contributed by atoms with Crippen LogP contribution in [-0.2, 0) is 4.79 Å². The Labute approximate surface area is 161 Å².